The number of hydrogen-bond donors (Lipinski definition) is 1. The van der Waals surface area contributed by atoms with Crippen molar-refractivity contribution in [1.82, 2.24) is 15.5 Å². The minimum absolute atomic E-state index is 0.237. The standard InChI is InChI=1S/C11H11F2N3O2S/c1-11(2,8-3-6(9(12)13)18-16-8)15-10(17)7-4-14-5-19-7/h3-5,9H,1-2H3,(H,15,17). The average molecular weight is 287 g/mol. The quantitative estimate of drug-likeness (QED) is 0.938. The Morgan fingerprint density at radius 2 is 2.26 bits per heavy atom. The highest BCUT2D eigenvalue weighted by atomic mass is 32.1. The van der Waals surface area contributed by atoms with Crippen molar-refractivity contribution in [2.75, 3.05) is 0 Å². The van der Waals surface area contributed by atoms with E-state index in [2.05, 4.69) is 20.0 Å². The molecule has 19 heavy (non-hydrogen) atoms. The Balaban J connectivity index is 2.15. The molecule has 5 nitrogen and oxygen atoms in total. The maximum Gasteiger partial charge on any atom is 0.298 e. The molecule has 0 aliphatic heterocycles. The fourth-order valence-corrected chi connectivity index (χ4v) is 1.94. The highest BCUT2D eigenvalue weighted by Gasteiger charge is 2.29. The first-order valence-corrected chi connectivity index (χ1v) is 6.24. The molecule has 2 heterocycles. The zero-order chi connectivity index (χ0) is 14.0. The smallest absolute Gasteiger partial charge is 0.298 e. The number of amides is 1. The molecule has 8 heteroatoms. The first kappa shape index (κ1) is 13.6. The minimum atomic E-state index is -2.73. The molecule has 0 aromatic carbocycles. The molecular weight excluding hydrogens is 276 g/mol. The Kier molecular flexibility index (Phi) is 3.61. The lowest BCUT2D eigenvalue weighted by Crippen LogP contribution is -2.41. The van der Waals surface area contributed by atoms with E-state index in [4.69, 9.17) is 0 Å². The van der Waals surface area contributed by atoms with Crippen LogP contribution in [0.5, 0.6) is 0 Å². The van der Waals surface area contributed by atoms with Crippen LogP contribution >= 0.6 is 11.3 Å². The summed E-state index contributed by atoms with van der Waals surface area (Å²) in [6.07, 6.45) is -1.29. The molecule has 0 aliphatic rings. The molecule has 1 amide bonds. The third-order valence-corrected chi connectivity index (χ3v) is 3.24. The summed E-state index contributed by atoms with van der Waals surface area (Å²) in [6.45, 7) is 3.30. The van der Waals surface area contributed by atoms with Gasteiger partial charge in [0.15, 0.2) is 0 Å². The Bertz CT molecular complexity index is 566. The topological polar surface area (TPSA) is 68.0 Å². The van der Waals surface area contributed by atoms with E-state index in [1.54, 1.807) is 13.8 Å². The molecule has 0 spiro atoms. The molecule has 0 atom stereocenters. The monoisotopic (exact) mass is 287 g/mol. The Morgan fingerprint density at radius 1 is 1.53 bits per heavy atom. The molecule has 1 N–H and O–H groups in total. The predicted molar refractivity (Wildman–Crippen MR) is 64.1 cm³/mol. The fraction of sp³-hybridized carbons (Fsp3) is 0.364. The van der Waals surface area contributed by atoms with Gasteiger partial charge in [-0.25, -0.2) is 8.78 Å². The van der Waals surface area contributed by atoms with Gasteiger partial charge in [-0.2, -0.15) is 0 Å². The first-order valence-electron chi connectivity index (χ1n) is 5.36. The second kappa shape index (κ2) is 5.04. The molecule has 2 rings (SSSR count). The van der Waals surface area contributed by atoms with E-state index in [1.165, 1.54) is 23.0 Å². The summed E-state index contributed by atoms with van der Waals surface area (Å²) in [5, 5.41) is 6.25. The third-order valence-electron chi connectivity index (χ3n) is 2.47. The lowest BCUT2D eigenvalue weighted by molar-refractivity contribution is 0.0911. The molecule has 2 aromatic heterocycles. The number of carbonyl (C=O) groups excluding carboxylic acids is 1. The number of thiazole rings is 1. The highest BCUT2D eigenvalue weighted by Crippen LogP contribution is 2.25. The van der Waals surface area contributed by atoms with Gasteiger partial charge < -0.3 is 9.84 Å². The Labute approximate surface area is 111 Å². The van der Waals surface area contributed by atoms with Gasteiger partial charge in [0.05, 0.1) is 17.2 Å². The average Bonchev–Trinajstić information content (AvgIpc) is 3.00. The van der Waals surface area contributed by atoms with Crippen molar-refractivity contribution in [1.29, 1.82) is 0 Å². The second-order valence-corrected chi connectivity index (χ2v) is 5.25. The van der Waals surface area contributed by atoms with Crippen LogP contribution in [0.4, 0.5) is 8.78 Å². The summed E-state index contributed by atoms with van der Waals surface area (Å²) in [6, 6.07) is 1.14. The van der Waals surface area contributed by atoms with E-state index < -0.39 is 17.7 Å². The summed E-state index contributed by atoms with van der Waals surface area (Å²) >= 11 is 1.19. The summed E-state index contributed by atoms with van der Waals surface area (Å²) in [5.74, 6) is -0.857. The first-order chi connectivity index (χ1) is 8.90. The van der Waals surface area contributed by atoms with Crippen molar-refractivity contribution in [3.8, 4) is 0 Å². The van der Waals surface area contributed by atoms with Gasteiger partial charge in [-0.15, -0.1) is 11.3 Å². The van der Waals surface area contributed by atoms with Crippen molar-refractivity contribution in [3.63, 3.8) is 0 Å². The number of carbonyl (C=O) groups is 1. The molecule has 0 saturated heterocycles. The van der Waals surface area contributed by atoms with Gasteiger partial charge in [0, 0.05) is 6.07 Å². The van der Waals surface area contributed by atoms with Crippen molar-refractivity contribution in [3.05, 3.63) is 34.1 Å². The fourth-order valence-electron chi connectivity index (χ4n) is 1.42. The normalized spacial score (nSPS) is 11.8. The van der Waals surface area contributed by atoms with Gasteiger partial charge in [-0.05, 0) is 13.8 Å². The SMILES string of the molecule is CC(C)(NC(=O)c1cncs1)c1cc(C(F)F)on1. The third kappa shape index (κ3) is 2.95. The van der Waals surface area contributed by atoms with Gasteiger partial charge in [0.1, 0.15) is 10.6 Å². The largest absolute Gasteiger partial charge is 0.355 e. The number of halogens is 2. The van der Waals surface area contributed by atoms with E-state index in [0.717, 1.165) is 6.07 Å². The summed E-state index contributed by atoms with van der Waals surface area (Å²) in [4.78, 5) is 16.1. The summed E-state index contributed by atoms with van der Waals surface area (Å²) in [7, 11) is 0. The van der Waals surface area contributed by atoms with Crippen LogP contribution in [0.3, 0.4) is 0 Å². The number of alkyl halides is 2. The van der Waals surface area contributed by atoms with Crippen LogP contribution in [0.25, 0.3) is 0 Å². The zero-order valence-corrected chi connectivity index (χ0v) is 11.0. The number of nitrogens with zero attached hydrogens (tertiary/aromatic N) is 2. The summed E-state index contributed by atoms with van der Waals surface area (Å²) < 4.78 is 29.4. The molecular formula is C11H11F2N3O2S. The van der Waals surface area contributed by atoms with Crippen LogP contribution in [0, 0.1) is 0 Å². The molecule has 0 bridgehead atoms. The van der Waals surface area contributed by atoms with Crippen molar-refractivity contribution >= 4 is 17.2 Å². The van der Waals surface area contributed by atoms with Crippen molar-refractivity contribution in [2.45, 2.75) is 25.8 Å². The van der Waals surface area contributed by atoms with E-state index in [-0.39, 0.29) is 11.6 Å². The van der Waals surface area contributed by atoms with Gasteiger partial charge >= 0.3 is 0 Å². The van der Waals surface area contributed by atoms with E-state index in [0.29, 0.717) is 4.88 Å². The van der Waals surface area contributed by atoms with Gasteiger partial charge in [0.2, 0.25) is 5.76 Å². The van der Waals surface area contributed by atoms with Crippen molar-refractivity contribution in [2.24, 2.45) is 0 Å². The molecule has 0 fully saturated rings. The predicted octanol–water partition coefficient (Wildman–Crippen LogP) is 2.73. The maximum absolute atomic E-state index is 12.4. The van der Waals surface area contributed by atoms with E-state index in [1.807, 2.05) is 0 Å². The van der Waals surface area contributed by atoms with Crippen LogP contribution < -0.4 is 5.32 Å². The molecule has 0 saturated carbocycles. The maximum atomic E-state index is 12.4. The van der Waals surface area contributed by atoms with Crippen LogP contribution in [0.1, 0.15) is 41.4 Å². The highest BCUT2D eigenvalue weighted by molar-refractivity contribution is 7.11. The van der Waals surface area contributed by atoms with E-state index >= 15 is 0 Å². The lowest BCUT2D eigenvalue weighted by atomic mass is 10.0. The number of rotatable bonds is 4. The number of aromatic nitrogens is 2. The molecule has 2 aromatic rings. The lowest BCUT2D eigenvalue weighted by Gasteiger charge is -2.22. The molecule has 0 radical (unpaired) electrons. The zero-order valence-electron chi connectivity index (χ0n) is 10.2. The Hall–Kier alpha value is -1.83. The van der Waals surface area contributed by atoms with Crippen LogP contribution in [0.2, 0.25) is 0 Å². The van der Waals surface area contributed by atoms with Gasteiger partial charge in [0.25, 0.3) is 12.3 Å². The number of hydrogen-bond acceptors (Lipinski definition) is 5. The molecule has 0 aliphatic carbocycles. The van der Waals surface area contributed by atoms with Gasteiger partial charge in [-0.3, -0.25) is 9.78 Å². The summed E-state index contributed by atoms with van der Waals surface area (Å²) in [5.41, 5.74) is 0.852. The minimum Gasteiger partial charge on any atom is -0.355 e. The number of nitrogens with one attached hydrogen (secondary N) is 1. The van der Waals surface area contributed by atoms with Crippen LogP contribution in [-0.4, -0.2) is 16.0 Å². The Morgan fingerprint density at radius 3 is 2.79 bits per heavy atom. The molecule has 0 unspecified atom stereocenters. The second-order valence-electron chi connectivity index (χ2n) is 4.36. The van der Waals surface area contributed by atoms with E-state index in [9.17, 15) is 13.6 Å². The van der Waals surface area contributed by atoms with Crippen molar-refractivity contribution < 1.29 is 18.1 Å². The van der Waals surface area contributed by atoms with Crippen LogP contribution in [-0.2, 0) is 5.54 Å². The van der Waals surface area contributed by atoms with Gasteiger partial charge in [-0.1, -0.05) is 5.16 Å². The van der Waals surface area contributed by atoms with Crippen LogP contribution in [0.15, 0.2) is 22.3 Å². The molecule has 102 valence electrons.